The molecule has 0 aliphatic heterocycles. The predicted octanol–water partition coefficient (Wildman–Crippen LogP) is 1.08. The maximum Gasteiger partial charge on any atom is 0.157 e. The summed E-state index contributed by atoms with van der Waals surface area (Å²) in [6.07, 6.45) is -1.07. The third-order valence-corrected chi connectivity index (χ3v) is 0.721. The van der Waals surface area contributed by atoms with Crippen molar-refractivity contribution in [3.05, 3.63) is 0 Å². The lowest BCUT2D eigenvalue weighted by molar-refractivity contribution is -0.202. The van der Waals surface area contributed by atoms with E-state index in [9.17, 15) is 0 Å². The van der Waals surface area contributed by atoms with Crippen molar-refractivity contribution in [1.82, 2.24) is 0 Å². The van der Waals surface area contributed by atoms with Crippen LogP contribution < -0.4 is 5.73 Å². The highest BCUT2D eigenvalue weighted by Crippen LogP contribution is 1.93. The number of methoxy groups -OCH3 is 1. The van der Waals surface area contributed by atoms with Crippen molar-refractivity contribution in [2.45, 2.75) is 52.7 Å². The summed E-state index contributed by atoms with van der Waals surface area (Å²) >= 11 is 0. The molecule has 2 atom stereocenters. The second-order valence-corrected chi connectivity index (χ2v) is 3.90. The lowest BCUT2D eigenvalue weighted by Crippen LogP contribution is -2.26. The first-order valence-corrected chi connectivity index (χ1v) is 4.32. The molecule has 13 heavy (non-hydrogen) atoms. The van der Waals surface area contributed by atoms with Crippen LogP contribution in [0.4, 0.5) is 0 Å². The third kappa shape index (κ3) is 33.6. The molecule has 82 valence electrons. The van der Waals surface area contributed by atoms with Gasteiger partial charge in [0, 0.05) is 12.6 Å². The minimum absolute atomic E-state index is 0. The monoisotopic (exact) mass is 193 g/mol. The lowest BCUT2D eigenvalue weighted by atomic mass is 10.1. The summed E-state index contributed by atoms with van der Waals surface area (Å²) in [5, 5.41) is 8.55. The topological polar surface area (TPSA) is 64.7 Å². The zero-order chi connectivity index (χ0) is 11.1. The molecule has 4 nitrogen and oxygen atoms in total. The Labute approximate surface area is 81.0 Å². The molecule has 0 aromatic heterocycles. The minimum atomic E-state index is -0.745. The van der Waals surface area contributed by atoms with Gasteiger partial charge < -0.3 is 20.3 Å². The Kier molecular flexibility index (Phi) is 8.56. The van der Waals surface area contributed by atoms with Crippen molar-refractivity contribution in [2.75, 3.05) is 7.11 Å². The molecule has 0 aromatic carbocycles. The van der Waals surface area contributed by atoms with Gasteiger partial charge in [-0.25, -0.2) is 0 Å². The van der Waals surface area contributed by atoms with Crippen LogP contribution in [0.15, 0.2) is 0 Å². The number of aliphatic hydroxyl groups excluding tert-OH is 1. The maximum absolute atomic E-state index is 8.55. The van der Waals surface area contributed by atoms with Crippen molar-refractivity contribution in [1.29, 1.82) is 0 Å². The maximum atomic E-state index is 8.55. The van der Waals surface area contributed by atoms with E-state index in [0.717, 1.165) is 0 Å². The van der Waals surface area contributed by atoms with E-state index in [1.165, 1.54) is 14.0 Å². The van der Waals surface area contributed by atoms with Gasteiger partial charge in [0.25, 0.3) is 0 Å². The van der Waals surface area contributed by atoms with Gasteiger partial charge in [0.2, 0.25) is 0 Å². The summed E-state index contributed by atoms with van der Waals surface area (Å²) in [5.74, 6) is 0. The lowest BCUT2D eigenvalue weighted by Gasteiger charge is -2.12. The first-order chi connectivity index (χ1) is 5.66. The normalized spacial score (nSPS) is 15.7. The average molecular weight is 193 g/mol. The van der Waals surface area contributed by atoms with Gasteiger partial charge >= 0.3 is 0 Å². The molecule has 0 saturated carbocycles. The molecule has 0 rings (SSSR count). The zero-order valence-electron chi connectivity index (χ0n) is 9.50. The van der Waals surface area contributed by atoms with E-state index < -0.39 is 6.29 Å². The molecule has 0 saturated heterocycles. The van der Waals surface area contributed by atoms with Crippen LogP contribution in [0, 0.1) is 0 Å². The molecule has 0 amide bonds. The van der Waals surface area contributed by atoms with Gasteiger partial charge in [-0.05, 0) is 34.6 Å². The Morgan fingerprint density at radius 3 is 1.62 bits per heavy atom. The largest absolute Gasteiger partial charge is 0.368 e. The fourth-order valence-electron chi connectivity index (χ4n) is 0.333. The van der Waals surface area contributed by atoms with E-state index in [-0.39, 0.29) is 11.8 Å². The summed E-state index contributed by atoms with van der Waals surface area (Å²) in [5.41, 5.74) is 5.35. The highest BCUT2D eigenvalue weighted by Gasteiger charge is 2.00. The number of hydrogen-bond acceptors (Lipinski definition) is 4. The molecule has 0 spiro atoms. The number of ether oxygens (including phenoxy) is 2. The summed E-state index contributed by atoms with van der Waals surface area (Å²) in [6.45, 7) is 9.15. The number of nitrogens with two attached hydrogens (primary N) is 1. The van der Waals surface area contributed by atoms with Gasteiger partial charge in [-0.3, -0.25) is 0 Å². The van der Waals surface area contributed by atoms with Crippen LogP contribution in [-0.4, -0.2) is 30.3 Å². The van der Waals surface area contributed by atoms with Gasteiger partial charge in [-0.15, -0.1) is 0 Å². The second-order valence-electron chi connectivity index (χ2n) is 3.90. The smallest absolute Gasteiger partial charge is 0.157 e. The Morgan fingerprint density at radius 2 is 1.54 bits per heavy atom. The first-order valence-electron chi connectivity index (χ1n) is 4.32. The Hall–Kier alpha value is -0.160. The second kappa shape index (κ2) is 7.26. The van der Waals surface area contributed by atoms with E-state index >= 15 is 0 Å². The van der Waals surface area contributed by atoms with E-state index in [4.69, 9.17) is 15.6 Å². The van der Waals surface area contributed by atoms with Gasteiger partial charge in [-0.1, -0.05) is 0 Å². The molecule has 3 N–H and O–H groups in total. The summed E-state index contributed by atoms with van der Waals surface area (Å²) in [6, 6.07) is 0. The van der Waals surface area contributed by atoms with Crippen LogP contribution in [0.1, 0.15) is 34.6 Å². The van der Waals surface area contributed by atoms with Gasteiger partial charge in [0.15, 0.2) is 12.6 Å². The molecule has 0 fully saturated rings. The molecule has 0 heterocycles. The average Bonchev–Trinajstić information content (AvgIpc) is 1.82. The van der Waals surface area contributed by atoms with Crippen LogP contribution in [0.2, 0.25) is 0 Å². The molecular weight excluding hydrogens is 170 g/mol. The van der Waals surface area contributed by atoms with Crippen LogP contribution in [-0.2, 0) is 9.47 Å². The van der Waals surface area contributed by atoms with Gasteiger partial charge in [-0.2, -0.15) is 0 Å². The van der Waals surface area contributed by atoms with Crippen molar-refractivity contribution >= 4 is 0 Å². The fourth-order valence-corrected chi connectivity index (χ4v) is 0.333. The van der Waals surface area contributed by atoms with E-state index in [1.807, 2.05) is 20.8 Å². The fraction of sp³-hybridized carbons (Fsp3) is 1.00. The zero-order valence-corrected chi connectivity index (χ0v) is 9.50. The highest BCUT2D eigenvalue weighted by molar-refractivity contribution is 4.60. The number of aliphatic hydroxyl groups is 1. The van der Waals surface area contributed by atoms with Crippen molar-refractivity contribution in [3.8, 4) is 0 Å². The SMILES string of the molecule is CC(C)(C)N.COC(C)OC(C)O. The van der Waals surface area contributed by atoms with Crippen molar-refractivity contribution < 1.29 is 14.6 Å². The Morgan fingerprint density at radius 1 is 1.23 bits per heavy atom. The Balaban J connectivity index is 0. The number of rotatable bonds is 3. The van der Waals surface area contributed by atoms with E-state index in [0.29, 0.717) is 0 Å². The van der Waals surface area contributed by atoms with Crippen molar-refractivity contribution in [3.63, 3.8) is 0 Å². The minimum Gasteiger partial charge on any atom is -0.368 e. The molecule has 0 bridgehead atoms. The van der Waals surface area contributed by atoms with Gasteiger partial charge in [0.05, 0.1) is 0 Å². The summed E-state index contributed by atoms with van der Waals surface area (Å²) in [7, 11) is 1.52. The molecule has 0 aromatic rings. The van der Waals surface area contributed by atoms with Crippen LogP contribution in [0.5, 0.6) is 0 Å². The third-order valence-electron chi connectivity index (χ3n) is 0.721. The molecular formula is C9H23NO3. The quantitative estimate of drug-likeness (QED) is 0.658. The van der Waals surface area contributed by atoms with Crippen LogP contribution in [0.3, 0.4) is 0 Å². The highest BCUT2D eigenvalue weighted by atomic mass is 16.7. The molecule has 0 aliphatic carbocycles. The summed E-state index contributed by atoms with van der Waals surface area (Å²) < 4.78 is 9.41. The predicted molar refractivity (Wildman–Crippen MR) is 53.2 cm³/mol. The first kappa shape index (κ1) is 15.3. The van der Waals surface area contributed by atoms with Crippen LogP contribution >= 0.6 is 0 Å². The van der Waals surface area contributed by atoms with E-state index in [1.54, 1.807) is 6.92 Å². The molecule has 2 unspecified atom stereocenters. The van der Waals surface area contributed by atoms with Crippen LogP contribution in [0.25, 0.3) is 0 Å². The van der Waals surface area contributed by atoms with Gasteiger partial charge in [0.1, 0.15) is 0 Å². The van der Waals surface area contributed by atoms with E-state index in [2.05, 4.69) is 4.74 Å². The molecule has 0 aliphatic rings. The van der Waals surface area contributed by atoms with Crippen molar-refractivity contribution in [2.24, 2.45) is 5.73 Å². The molecule has 0 radical (unpaired) electrons. The molecule has 4 heteroatoms. The standard InChI is InChI=1S/C5H12O3.C4H11N/c1-4(6)8-5(2)7-3;1-4(2,3)5/h4-6H,1-3H3;5H2,1-3H3. The number of hydrogen-bond donors (Lipinski definition) is 2. The summed E-state index contributed by atoms with van der Waals surface area (Å²) in [4.78, 5) is 0. The Bertz CT molecular complexity index is 104.